The molecule has 1 nitrogen and oxygen atoms in total. The molecule has 1 atom stereocenters. The number of rotatable bonds is 3. The first kappa shape index (κ1) is 12.7. The van der Waals surface area contributed by atoms with Crippen molar-refractivity contribution in [3.05, 3.63) is 21.3 Å². The van der Waals surface area contributed by atoms with Gasteiger partial charge in [0.25, 0.3) is 0 Å². The van der Waals surface area contributed by atoms with Crippen LogP contribution in [0.3, 0.4) is 0 Å². The lowest BCUT2D eigenvalue weighted by Crippen LogP contribution is -2.52. The van der Waals surface area contributed by atoms with Gasteiger partial charge < -0.3 is 5.73 Å². The van der Waals surface area contributed by atoms with Crippen LogP contribution in [-0.4, -0.2) is 6.04 Å². The van der Waals surface area contributed by atoms with E-state index in [2.05, 4.69) is 6.07 Å². The quantitative estimate of drug-likeness (QED) is 0.882. The number of hydrogen-bond donors (Lipinski definition) is 1. The highest BCUT2D eigenvalue weighted by Gasteiger charge is 2.49. The minimum absolute atomic E-state index is 0.352. The molecule has 104 valence electrons. The first-order chi connectivity index (χ1) is 9.19. The summed E-state index contributed by atoms with van der Waals surface area (Å²) in [5.74, 6) is 4.74. The van der Waals surface area contributed by atoms with Gasteiger partial charge in [0.1, 0.15) is 0 Å². The Bertz CT molecular complexity index is 441. The fourth-order valence-corrected chi connectivity index (χ4v) is 6.65. The Morgan fingerprint density at radius 1 is 1.11 bits per heavy atom. The zero-order chi connectivity index (χ0) is 13.0. The van der Waals surface area contributed by atoms with E-state index in [1.54, 1.807) is 11.3 Å². The third-order valence-corrected chi connectivity index (χ3v) is 7.11. The zero-order valence-corrected chi connectivity index (χ0v) is 12.8. The second kappa shape index (κ2) is 4.75. The van der Waals surface area contributed by atoms with Crippen LogP contribution < -0.4 is 5.73 Å². The summed E-state index contributed by atoms with van der Waals surface area (Å²) >= 11 is 7.73. The van der Waals surface area contributed by atoms with E-state index in [0.29, 0.717) is 6.04 Å². The van der Waals surface area contributed by atoms with Crippen LogP contribution in [0, 0.1) is 29.6 Å². The molecule has 1 unspecified atom stereocenters. The molecule has 4 bridgehead atoms. The summed E-state index contributed by atoms with van der Waals surface area (Å²) < 4.78 is 0.896. The molecular weight excluding hydrogens is 274 g/mol. The predicted octanol–water partition coefficient (Wildman–Crippen LogP) is 4.34. The summed E-state index contributed by atoms with van der Waals surface area (Å²) in [5.41, 5.74) is 6.60. The maximum atomic E-state index is 6.60. The molecule has 1 aromatic heterocycles. The molecule has 2 N–H and O–H groups in total. The third kappa shape index (κ3) is 2.26. The summed E-state index contributed by atoms with van der Waals surface area (Å²) in [6, 6.07) is 4.51. The van der Waals surface area contributed by atoms with Crippen molar-refractivity contribution in [2.45, 2.75) is 44.6 Å². The van der Waals surface area contributed by atoms with Gasteiger partial charge in [-0.1, -0.05) is 11.6 Å². The van der Waals surface area contributed by atoms with Crippen molar-refractivity contribution < 1.29 is 0 Å². The Labute approximate surface area is 124 Å². The van der Waals surface area contributed by atoms with E-state index in [4.69, 9.17) is 17.3 Å². The van der Waals surface area contributed by atoms with Crippen LogP contribution in [0.1, 0.15) is 37.0 Å². The molecule has 0 saturated heterocycles. The van der Waals surface area contributed by atoms with Gasteiger partial charge in [0, 0.05) is 10.9 Å². The minimum Gasteiger partial charge on any atom is -0.327 e. The average Bonchev–Trinajstić information content (AvgIpc) is 2.73. The normalized spacial score (nSPS) is 41.7. The van der Waals surface area contributed by atoms with E-state index >= 15 is 0 Å². The summed E-state index contributed by atoms with van der Waals surface area (Å²) in [6.07, 6.45) is 8.43. The first-order valence-corrected chi connectivity index (χ1v) is 8.88. The van der Waals surface area contributed by atoms with Crippen molar-refractivity contribution >= 4 is 22.9 Å². The fourth-order valence-electron chi connectivity index (χ4n) is 5.50. The molecule has 4 aliphatic rings. The van der Waals surface area contributed by atoms with Crippen LogP contribution in [0.5, 0.6) is 0 Å². The largest absolute Gasteiger partial charge is 0.327 e. The van der Waals surface area contributed by atoms with Crippen molar-refractivity contribution in [3.63, 3.8) is 0 Å². The van der Waals surface area contributed by atoms with E-state index < -0.39 is 0 Å². The maximum absolute atomic E-state index is 6.60. The molecule has 4 saturated carbocycles. The Morgan fingerprint density at radius 2 is 1.74 bits per heavy atom. The maximum Gasteiger partial charge on any atom is 0.0931 e. The van der Waals surface area contributed by atoms with Crippen LogP contribution in [0.4, 0.5) is 0 Å². The fraction of sp³-hybridized carbons (Fsp3) is 0.750. The average molecular weight is 296 g/mol. The number of nitrogens with two attached hydrogens (primary N) is 1. The van der Waals surface area contributed by atoms with Gasteiger partial charge in [0.15, 0.2) is 0 Å². The van der Waals surface area contributed by atoms with Gasteiger partial charge in [-0.2, -0.15) is 0 Å². The monoisotopic (exact) mass is 295 g/mol. The van der Waals surface area contributed by atoms with Crippen molar-refractivity contribution in [3.8, 4) is 0 Å². The van der Waals surface area contributed by atoms with E-state index in [0.717, 1.165) is 40.3 Å². The highest BCUT2D eigenvalue weighted by Crippen LogP contribution is 2.57. The summed E-state index contributed by atoms with van der Waals surface area (Å²) in [5, 5.41) is 0. The smallest absolute Gasteiger partial charge is 0.0931 e. The van der Waals surface area contributed by atoms with Gasteiger partial charge in [-0.25, -0.2) is 0 Å². The van der Waals surface area contributed by atoms with E-state index in [1.807, 2.05) is 6.07 Å². The summed E-state index contributed by atoms with van der Waals surface area (Å²) in [7, 11) is 0. The van der Waals surface area contributed by atoms with Gasteiger partial charge in [0.2, 0.25) is 0 Å². The highest BCUT2D eigenvalue weighted by molar-refractivity contribution is 7.16. The standard InChI is InChI=1S/C16H22ClNS/c17-15-2-1-13(19-15)8-14(18)16-11-4-9-3-10(6-11)7-12(16)5-9/h1-2,9-12,14,16H,3-8,18H2. The Kier molecular flexibility index (Phi) is 3.17. The predicted molar refractivity (Wildman–Crippen MR) is 81.5 cm³/mol. The van der Waals surface area contributed by atoms with E-state index in [9.17, 15) is 0 Å². The second-order valence-electron chi connectivity index (χ2n) is 7.08. The second-order valence-corrected chi connectivity index (χ2v) is 8.88. The topological polar surface area (TPSA) is 26.0 Å². The van der Waals surface area contributed by atoms with Gasteiger partial charge >= 0.3 is 0 Å². The summed E-state index contributed by atoms with van der Waals surface area (Å²) in [4.78, 5) is 1.37. The van der Waals surface area contributed by atoms with E-state index in [-0.39, 0.29) is 0 Å². The van der Waals surface area contributed by atoms with Gasteiger partial charge in [0.05, 0.1) is 4.34 Å². The molecule has 0 aliphatic heterocycles. The van der Waals surface area contributed by atoms with Gasteiger partial charge in [-0.15, -0.1) is 11.3 Å². The van der Waals surface area contributed by atoms with Crippen LogP contribution >= 0.6 is 22.9 Å². The number of thiophene rings is 1. The zero-order valence-electron chi connectivity index (χ0n) is 11.2. The van der Waals surface area contributed by atoms with Crippen molar-refractivity contribution in [1.82, 2.24) is 0 Å². The van der Waals surface area contributed by atoms with E-state index in [1.165, 1.54) is 37.0 Å². The van der Waals surface area contributed by atoms with Crippen LogP contribution in [0.25, 0.3) is 0 Å². The van der Waals surface area contributed by atoms with Crippen molar-refractivity contribution in [2.24, 2.45) is 35.3 Å². The minimum atomic E-state index is 0.352. The molecule has 3 heteroatoms. The van der Waals surface area contributed by atoms with Gasteiger partial charge in [-0.3, -0.25) is 0 Å². The SMILES string of the molecule is NC(Cc1ccc(Cl)s1)C1C2CC3CC(C2)CC1C3. The van der Waals surface area contributed by atoms with Crippen molar-refractivity contribution in [1.29, 1.82) is 0 Å². The molecule has 0 spiro atoms. The molecule has 1 heterocycles. The molecule has 0 amide bonds. The Hall–Kier alpha value is -0.0500. The van der Waals surface area contributed by atoms with Gasteiger partial charge in [-0.05, 0) is 80.2 Å². The molecule has 19 heavy (non-hydrogen) atoms. The molecule has 0 aromatic carbocycles. The van der Waals surface area contributed by atoms with Crippen LogP contribution in [0.2, 0.25) is 4.34 Å². The lowest BCUT2D eigenvalue weighted by molar-refractivity contribution is -0.0464. The summed E-state index contributed by atoms with van der Waals surface area (Å²) in [6.45, 7) is 0. The van der Waals surface area contributed by atoms with Crippen LogP contribution in [-0.2, 0) is 6.42 Å². The van der Waals surface area contributed by atoms with Crippen LogP contribution in [0.15, 0.2) is 12.1 Å². The molecule has 4 aliphatic carbocycles. The number of hydrogen-bond acceptors (Lipinski definition) is 2. The Morgan fingerprint density at radius 3 is 2.26 bits per heavy atom. The molecular formula is C16H22ClNS. The molecule has 5 rings (SSSR count). The lowest BCUT2D eigenvalue weighted by atomic mass is 9.50. The molecule has 0 radical (unpaired) electrons. The highest BCUT2D eigenvalue weighted by atomic mass is 35.5. The number of halogens is 1. The lowest BCUT2D eigenvalue weighted by Gasteiger charge is -2.56. The first-order valence-electron chi connectivity index (χ1n) is 7.69. The molecule has 1 aromatic rings. The molecule has 4 fully saturated rings. The third-order valence-electron chi connectivity index (χ3n) is 5.86. The van der Waals surface area contributed by atoms with Crippen molar-refractivity contribution in [2.75, 3.05) is 0 Å². The Balaban J connectivity index is 1.49.